The number of carbonyl (C=O) groups is 1. The van der Waals surface area contributed by atoms with Crippen LogP contribution in [0.4, 0.5) is 5.69 Å². The fraction of sp³-hybridized carbons (Fsp3) is 0.588. The lowest BCUT2D eigenvalue weighted by Crippen LogP contribution is -2.43. The van der Waals surface area contributed by atoms with Crippen molar-refractivity contribution in [1.82, 2.24) is 4.90 Å². The molecule has 3 nitrogen and oxygen atoms in total. The maximum atomic E-state index is 12.6. The average Bonchev–Trinajstić information content (AvgIpc) is 2.51. The highest BCUT2D eigenvalue weighted by molar-refractivity contribution is 6.33. The van der Waals surface area contributed by atoms with Crippen LogP contribution >= 0.6 is 11.6 Å². The van der Waals surface area contributed by atoms with Crippen LogP contribution in [0, 0.1) is 5.41 Å². The van der Waals surface area contributed by atoms with Gasteiger partial charge in [-0.05, 0) is 49.3 Å². The molecule has 3 rings (SSSR count). The molecule has 0 radical (unpaired) electrons. The van der Waals surface area contributed by atoms with Crippen molar-refractivity contribution in [3.8, 4) is 0 Å². The fourth-order valence-corrected chi connectivity index (χ4v) is 3.96. The molecule has 1 aromatic carbocycles. The van der Waals surface area contributed by atoms with Gasteiger partial charge in [0, 0.05) is 18.7 Å². The molecule has 1 saturated heterocycles. The van der Waals surface area contributed by atoms with Gasteiger partial charge in [0.2, 0.25) is 0 Å². The molecule has 0 aromatic heterocycles. The summed E-state index contributed by atoms with van der Waals surface area (Å²) in [6.07, 6.45) is 9.12. The molecule has 2 fully saturated rings. The molecule has 0 bridgehead atoms. The van der Waals surface area contributed by atoms with Gasteiger partial charge >= 0.3 is 0 Å². The van der Waals surface area contributed by atoms with Gasteiger partial charge < -0.3 is 10.6 Å². The molecule has 114 valence electrons. The van der Waals surface area contributed by atoms with Gasteiger partial charge in [-0.15, -0.1) is 0 Å². The zero-order valence-electron chi connectivity index (χ0n) is 12.4. The van der Waals surface area contributed by atoms with Crippen molar-refractivity contribution in [3.05, 3.63) is 28.8 Å². The quantitative estimate of drug-likeness (QED) is 0.794. The number of halogens is 1. The third-order valence-corrected chi connectivity index (χ3v) is 5.61. The van der Waals surface area contributed by atoms with Crippen molar-refractivity contribution in [2.75, 3.05) is 18.8 Å². The summed E-state index contributed by atoms with van der Waals surface area (Å²) in [7, 11) is 0. The third-order valence-electron chi connectivity index (χ3n) is 5.27. The Hall–Kier alpha value is -1.22. The summed E-state index contributed by atoms with van der Waals surface area (Å²) >= 11 is 5.92. The van der Waals surface area contributed by atoms with Gasteiger partial charge in [-0.25, -0.2) is 0 Å². The van der Waals surface area contributed by atoms with E-state index in [1.807, 2.05) is 4.90 Å². The van der Waals surface area contributed by atoms with Gasteiger partial charge in [-0.2, -0.15) is 0 Å². The Morgan fingerprint density at radius 1 is 1.10 bits per heavy atom. The molecule has 21 heavy (non-hydrogen) atoms. The van der Waals surface area contributed by atoms with E-state index in [2.05, 4.69) is 0 Å². The molecular formula is C17H23ClN2O. The maximum Gasteiger partial charge on any atom is 0.253 e. The molecular weight excluding hydrogens is 284 g/mol. The van der Waals surface area contributed by atoms with Crippen LogP contribution < -0.4 is 5.73 Å². The number of likely N-dealkylation sites (tertiary alicyclic amines) is 1. The molecule has 1 saturated carbocycles. The first kappa shape index (κ1) is 14.7. The Bertz CT molecular complexity index is 528. The normalized spacial score (nSPS) is 21.5. The lowest BCUT2D eigenvalue weighted by atomic mass is 9.68. The van der Waals surface area contributed by atoms with Crippen molar-refractivity contribution in [3.63, 3.8) is 0 Å². The zero-order chi connectivity index (χ0) is 14.9. The second-order valence-corrected chi connectivity index (χ2v) is 7.00. The Balaban J connectivity index is 1.65. The van der Waals surface area contributed by atoms with Crippen LogP contribution in [0.1, 0.15) is 55.3 Å². The first-order valence-corrected chi connectivity index (χ1v) is 8.32. The van der Waals surface area contributed by atoms with Crippen LogP contribution in [0.5, 0.6) is 0 Å². The van der Waals surface area contributed by atoms with E-state index in [-0.39, 0.29) is 5.91 Å². The number of anilines is 1. The predicted octanol–water partition coefficient (Wildman–Crippen LogP) is 4.11. The van der Waals surface area contributed by atoms with E-state index in [1.54, 1.807) is 18.2 Å². The minimum absolute atomic E-state index is 0.0871. The number of nitrogens with zero attached hydrogens (tertiary/aromatic N) is 1. The second-order valence-electron chi connectivity index (χ2n) is 6.59. The van der Waals surface area contributed by atoms with Crippen LogP contribution in [0.3, 0.4) is 0 Å². The molecule has 0 atom stereocenters. The summed E-state index contributed by atoms with van der Waals surface area (Å²) in [6.45, 7) is 1.75. The minimum atomic E-state index is 0.0871. The molecule has 1 aliphatic heterocycles. The van der Waals surface area contributed by atoms with Crippen molar-refractivity contribution < 1.29 is 4.79 Å². The molecule has 2 aliphatic rings. The van der Waals surface area contributed by atoms with Crippen LogP contribution in [0.2, 0.25) is 5.02 Å². The van der Waals surface area contributed by atoms with Crippen LogP contribution in [-0.4, -0.2) is 23.9 Å². The average molecular weight is 307 g/mol. The summed E-state index contributed by atoms with van der Waals surface area (Å²) < 4.78 is 0. The number of hydrogen-bond acceptors (Lipinski definition) is 2. The highest BCUT2D eigenvalue weighted by Gasteiger charge is 2.36. The lowest BCUT2D eigenvalue weighted by Gasteiger charge is -2.44. The Morgan fingerprint density at radius 2 is 1.76 bits per heavy atom. The molecule has 4 heteroatoms. The molecule has 1 aliphatic carbocycles. The van der Waals surface area contributed by atoms with Crippen molar-refractivity contribution in [2.24, 2.45) is 5.41 Å². The summed E-state index contributed by atoms with van der Waals surface area (Å²) in [5.74, 6) is 0.0871. The van der Waals surface area contributed by atoms with E-state index in [4.69, 9.17) is 17.3 Å². The molecule has 1 spiro atoms. The fourth-order valence-electron chi connectivity index (χ4n) is 3.85. The number of carbonyl (C=O) groups excluding carboxylic acids is 1. The third kappa shape index (κ3) is 3.03. The Labute approximate surface area is 131 Å². The molecule has 1 aromatic rings. The summed E-state index contributed by atoms with van der Waals surface area (Å²) in [6, 6.07) is 5.17. The zero-order valence-corrected chi connectivity index (χ0v) is 13.2. The lowest BCUT2D eigenvalue weighted by molar-refractivity contribution is 0.0472. The van der Waals surface area contributed by atoms with E-state index in [1.165, 1.54) is 32.1 Å². The number of amides is 1. The van der Waals surface area contributed by atoms with Crippen LogP contribution in [0.25, 0.3) is 0 Å². The standard InChI is InChI=1S/C17H23ClN2O/c18-14-5-4-13(12-15(14)19)16(21)20-10-8-17(9-11-20)6-2-1-3-7-17/h4-5,12H,1-3,6-11,19H2. The van der Waals surface area contributed by atoms with E-state index in [0.29, 0.717) is 21.7 Å². The van der Waals surface area contributed by atoms with Gasteiger partial charge in [0.1, 0.15) is 0 Å². The van der Waals surface area contributed by atoms with Crippen molar-refractivity contribution in [1.29, 1.82) is 0 Å². The number of benzene rings is 1. The summed E-state index contributed by atoms with van der Waals surface area (Å²) in [5, 5.41) is 0.506. The monoisotopic (exact) mass is 306 g/mol. The smallest absolute Gasteiger partial charge is 0.253 e. The van der Waals surface area contributed by atoms with Crippen molar-refractivity contribution >= 4 is 23.2 Å². The summed E-state index contributed by atoms with van der Waals surface area (Å²) in [5.41, 5.74) is 7.44. The molecule has 0 unspecified atom stereocenters. The molecule has 1 amide bonds. The van der Waals surface area contributed by atoms with Gasteiger partial charge in [-0.1, -0.05) is 30.9 Å². The first-order chi connectivity index (χ1) is 10.1. The Morgan fingerprint density at radius 3 is 2.38 bits per heavy atom. The maximum absolute atomic E-state index is 12.6. The first-order valence-electron chi connectivity index (χ1n) is 7.94. The number of rotatable bonds is 1. The van der Waals surface area contributed by atoms with Gasteiger partial charge in [0.15, 0.2) is 0 Å². The van der Waals surface area contributed by atoms with Gasteiger partial charge in [0.05, 0.1) is 10.7 Å². The van der Waals surface area contributed by atoms with Crippen LogP contribution in [0.15, 0.2) is 18.2 Å². The highest BCUT2D eigenvalue weighted by atomic mass is 35.5. The second kappa shape index (κ2) is 5.88. The largest absolute Gasteiger partial charge is 0.398 e. The van der Waals surface area contributed by atoms with Gasteiger partial charge in [-0.3, -0.25) is 4.79 Å². The van der Waals surface area contributed by atoms with Gasteiger partial charge in [0.25, 0.3) is 5.91 Å². The SMILES string of the molecule is Nc1cc(C(=O)N2CCC3(CCCCC3)CC2)ccc1Cl. The highest BCUT2D eigenvalue weighted by Crippen LogP contribution is 2.44. The van der Waals surface area contributed by atoms with Crippen molar-refractivity contribution in [2.45, 2.75) is 44.9 Å². The van der Waals surface area contributed by atoms with E-state index >= 15 is 0 Å². The summed E-state index contributed by atoms with van der Waals surface area (Å²) in [4.78, 5) is 14.5. The number of nitrogen functional groups attached to an aromatic ring is 1. The number of hydrogen-bond donors (Lipinski definition) is 1. The number of piperidine rings is 1. The van der Waals surface area contributed by atoms with E-state index < -0.39 is 0 Å². The minimum Gasteiger partial charge on any atom is -0.398 e. The predicted molar refractivity (Wildman–Crippen MR) is 86.5 cm³/mol. The molecule has 1 heterocycles. The Kier molecular flexibility index (Phi) is 4.12. The molecule has 2 N–H and O–H groups in total. The van der Waals surface area contributed by atoms with E-state index in [9.17, 15) is 4.79 Å². The number of nitrogens with two attached hydrogens (primary N) is 1. The van der Waals surface area contributed by atoms with E-state index in [0.717, 1.165) is 25.9 Å². The van der Waals surface area contributed by atoms with Crippen LogP contribution in [-0.2, 0) is 0 Å². The topological polar surface area (TPSA) is 46.3 Å².